The Hall–Kier alpha value is -4.98. The first-order valence-corrected chi connectivity index (χ1v) is 11.2. The van der Waals surface area contributed by atoms with E-state index in [1.54, 1.807) is 29.2 Å². The van der Waals surface area contributed by atoms with E-state index in [9.17, 15) is 9.59 Å². The van der Waals surface area contributed by atoms with Crippen molar-refractivity contribution < 1.29 is 14.3 Å². The number of ether oxygens (including phenoxy) is 1. The van der Waals surface area contributed by atoms with Crippen LogP contribution in [0, 0.1) is 11.3 Å². The molecule has 0 spiro atoms. The van der Waals surface area contributed by atoms with Crippen molar-refractivity contribution in [2.24, 2.45) is 5.73 Å². The molecule has 3 N–H and O–H groups in total. The predicted octanol–water partition coefficient (Wildman–Crippen LogP) is 1.96. The fourth-order valence-corrected chi connectivity index (χ4v) is 4.17. The first-order chi connectivity index (χ1) is 17.5. The number of carbonyl (C=O) groups is 2. The second-order valence-electron chi connectivity index (χ2n) is 8.21. The standard InChI is InChI=1S/C25H22N8O3/c1-36-23-17(13-26)14-28-25(31-23)33-11-9-32(10-12-33)24(35)16-7-5-15(6-8-16)22-29-19-4-2-3-18(21(27)34)20(19)30-22/h2-8,14H,9-12H2,1H3,(H2,27,34)(H,29,30). The Balaban J connectivity index is 1.27. The number of H-pyrrole nitrogens is 1. The molecule has 11 heteroatoms. The molecule has 2 amide bonds. The number of nitrogens with zero attached hydrogens (tertiary/aromatic N) is 6. The quantitative estimate of drug-likeness (QED) is 0.437. The Morgan fingerprint density at radius 3 is 2.50 bits per heavy atom. The largest absolute Gasteiger partial charge is 0.480 e. The van der Waals surface area contributed by atoms with Crippen LogP contribution >= 0.6 is 0 Å². The highest BCUT2D eigenvalue weighted by Crippen LogP contribution is 2.24. The average molecular weight is 483 g/mol. The van der Waals surface area contributed by atoms with Crippen LogP contribution in [-0.2, 0) is 0 Å². The summed E-state index contributed by atoms with van der Waals surface area (Å²) >= 11 is 0. The molecule has 11 nitrogen and oxygen atoms in total. The summed E-state index contributed by atoms with van der Waals surface area (Å²) in [6.07, 6.45) is 1.44. The minimum atomic E-state index is -0.537. The lowest BCUT2D eigenvalue weighted by atomic mass is 10.1. The number of rotatable bonds is 5. The van der Waals surface area contributed by atoms with Gasteiger partial charge in [0.25, 0.3) is 11.8 Å². The van der Waals surface area contributed by atoms with E-state index in [2.05, 4.69) is 19.9 Å². The van der Waals surface area contributed by atoms with Gasteiger partial charge in [-0.15, -0.1) is 0 Å². The number of aromatic amines is 1. The summed E-state index contributed by atoms with van der Waals surface area (Å²) in [4.78, 5) is 44.8. The zero-order valence-electron chi connectivity index (χ0n) is 19.4. The van der Waals surface area contributed by atoms with Crippen molar-refractivity contribution in [2.45, 2.75) is 0 Å². The molecule has 0 aliphatic carbocycles. The summed E-state index contributed by atoms with van der Waals surface area (Å²) in [6.45, 7) is 2.12. The van der Waals surface area contributed by atoms with Crippen LogP contribution in [0.2, 0.25) is 0 Å². The van der Waals surface area contributed by atoms with Gasteiger partial charge in [-0.05, 0) is 24.3 Å². The molecule has 2 aromatic carbocycles. The van der Waals surface area contributed by atoms with Gasteiger partial charge in [0.1, 0.15) is 23.0 Å². The van der Waals surface area contributed by atoms with E-state index in [1.807, 2.05) is 29.2 Å². The molecule has 0 radical (unpaired) electrons. The normalized spacial score (nSPS) is 13.4. The highest BCUT2D eigenvalue weighted by molar-refractivity contribution is 6.04. The monoisotopic (exact) mass is 482 g/mol. The predicted molar refractivity (Wildman–Crippen MR) is 131 cm³/mol. The number of carbonyl (C=O) groups excluding carboxylic acids is 2. The van der Waals surface area contributed by atoms with Crippen LogP contribution in [0.25, 0.3) is 22.4 Å². The third kappa shape index (κ3) is 4.16. The molecule has 4 aromatic rings. The van der Waals surface area contributed by atoms with Gasteiger partial charge in [0.15, 0.2) is 0 Å². The van der Waals surface area contributed by atoms with Crippen LogP contribution < -0.4 is 15.4 Å². The van der Waals surface area contributed by atoms with Gasteiger partial charge in [0, 0.05) is 37.3 Å². The van der Waals surface area contributed by atoms with Crippen molar-refractivity contribution in [1.82, 2.24) is 24.8 Å². The van der Waals surface area contributed by atoms with E-state index >= 15 is 0 Å². The third-order valence-electron chi connectivity index (χ3n) is 6.09. The molecular weight excluding hydrogens is 460 g/mol. The fraction of sp³-hybridized carbons (Fsp3) is 0.200. The number of nitriles is 1. The van der Waals surface area contributed by atoms with Gasteiger partial charge in [0.2, 0.25) is 11.8 Å². The number of benzene rings is 2. The number of hydrogen-bond donors (Lipinski definition) is 2. The maximum atomic E-state index is 13.1. The summed E-state index contributed by atoms with van der Waals surface area (Å²) in [5.74, 6) is 0.679. The lowest BCUT2D eigenvalue weighted by Gasteiger charge is -2.34. The van der Waals surface area contributed by atoms with Crippen molar-refractivity contribution >= 4 is 28.8 Å². The molecule has 1 aliphatic rings. The van der Waals surface area contributed by atoms with E-state index in [0.29, 0.717) is 60.1 Å². The molecule has 0 bridgehead atoms. The summed E-state index contributed by atoms with van der Waals surface area (Å²) in [5.41, 5.74) is 8.66. The zero-order valence-corrected chi connectivity index (χ0v) is 19.4. The van der Waals surface area contributed by atoms with Gasteiger partial charge < -0.3 is 25.3 Å². The Morgan fingerprint density at radius 2 is 1.83 bits per heavy atom. The topological polar surface area (TPSA) is 154 Å². The van der Waals surface area contributed by atoms with Crippen LogP contribution in [0.1, 0.15) is 26.3 Å². The number of hydrogen-bond acceptors (Lipinski definition) is 8. The van der Waals surface area contributed by atoms with Crippen molar-refractivity contribution in [3.63, 3.8) is 0 Å². The number of amides is 2. The highest BCUT2D eigenvalue weighted by atomic mass is 16.5. The number of anilines is 1. The van der Waals surface area contributed by atoms with Crippen LogP contribution in [0.3, 0.4) is 0 Å². The number of fused-ring (bicyclic) bond motifs is 1. The van der Waals surface area contributed by atoms with Gasteiger partial charge in [-0.3, -0.25) is 9.59 Å². The second kappa shape index (κ2) is 9.34. The first kappa shape index (κ1) is 22.8. The number of nitrogens with two attached hydrogens (primary N) is 1. The molecule has 1 aliphatic heterocycles. The summed E-state index contributed by atoms with van der Waals surface area (Å²) < 4.78 is 5.17. The number of primary amides is 1. The van der Waals surface area contributed by atoms with E-state index in [-0.39, 0.29) is 17.4 Å². The number of nitrogens with one attached hydrogen (secondary N) is 1. The number of aromatic nitrogens is 4. The minimum Gasteiger partial charge on any atom is -0.480 e. The van der Waals surface area contributed by atoms with E-state index < -0.39 is 5.91 Å². The van der Waals surface area contributed by atoms with Gasteiger partial charge in [0.05, 0.1) is 24.4 Å². The van der Waals surface area contributed by atoms with Crippen LogP contribution in [0.4, 0.5) is 5.95 Å². The Bertz CT molecular complexity index is 1500. The second-order valence-corrected chi connectivity index (χ2v) is 8.21. The molecule has 0 unspecified atom stereocenters. The summed E-state index contributed by atoms with van der Waals surface area (Å²) in [7, 11) is 1.46. The summed E-state index contributed by atoms with van der Waals surface area (Å²) in [5, 5.41) is 9.11. The number of para-hydroxylation sites is 1. The summed E-state index contributed by atoms with van der Waals surface area (Å²) in [6, 6.07) is 14.4. The van der Waals surface area contributed by atoms with E-state index in [0.717, 1.165) is 5.56 Å². The molecule has 0 saturated carbocycles. The van der Waals surface area contributed by atoms with Gasteiger partial charge >= 0.3 is 0 Å². The maximum absolute atomic E-state index is 13.1. The molecule has 1 fully saturated rings. The highest BCUT2D eigenvalue weighted by Gasteiger charge is 2.24. The molecular formula is C25H22N8O3. The Kier molecular flexibility index (Phi) is 5.92. The van der Waals surface area contributed by atoms with Gasteiger partial charge in [-0.25, -0.2) is 9.97 Å². The maximum Gasteiger partial charge on any atom is 0.253 e. The Morgan fingerprint density at radius 1 is 1.08 bits per heavy atom. The van der Waals surface area contributed by atoms with E-state index in [4.69, 9.17) is 15.7 Å². The smallest absolute Gasteiger partial charge is 0.253 e. The van der Waals surface area contributed by atoms with E-state index in [1.165, 1.54) is 13.3 Å². The minimum absolute atomic E-state index is 0.0693. The van der Waals surface area contributed by atoms with Gasteiger partial charge in [-0.2, -0.15) is 10.2 Å². The molecule has 5 rings (SSSR count). The zero-order chi connectivity index (χ0) is 25.2. The molecule has 2 aromatic heterocycles. The number of methoxy groups -OCH3 is 1. The van der Waals surface area contributed by atoms with Crippen molar-refractivity contribution in [3.8, 4) is 23.3 Å². The Labute approximate surface area is 206 Å². The average Bonchev–Trinajstić information content (AvgIpc) is 3.37. The number of piperazine rings is 1. The SMILES string of the molecule is COc1nc(N2CCN(C(=O)c3ccc(-c4nc5c(C(N)=O)cccc5[nH]4)cc3)CC2)ncc1C#N. The van der Waals surface area contributed by atoms with Crippen molar-refractivity contribution in [1.29, 1.82) is 5.26 Å². The first-order valence-electron chi connectivity index (χ1n) is 11.2. The lowest BCUT2D eigenvalue weighted by molar-refractivity contribution is 0.0746. The lowest BCUT2D eigenvalue weighted by Crippen LogP contribution is -2.49. The molecule has 0 atom stereocenters. The fourth-order valence-electron chi connectivity index (χ4n) is 4.17. The van der Waals surface area contributed by atoms with Gasteiger partial charge in [-0.1, -0.05) is 18.2 Å². The molecule has 3 heterocycles. The number of imidazole rings is 1. The molecule has 36 heavy (non-hydrogen) atoms. The van der Waals surface area contributed by atoms with Crippen LogP contribution in [-0.4, -0.2) is 69.9 Å². The molecule has 1 saturated heterocycles. The van der Waals surface area contributed by atoms with Crippen LogP contribution in [0.15, 0.2) is 48.7 Å². The third-order valence-corrected chi connectivity index (χ3v) is 6.09. The van der Waals surface area contributed by atoms with Crippen molar-refractivity contribution in [3.05, 3.63) is 65.4 Å². The molecule has 180 valence electrons. The van der Waals surface area contributed by atoms with Crippen LogP contribution in [0.5, 0.6) is 5.88 Å². The van der Waals surface area contributed by atoms with Crippen molar-refractivity contribution in [2.75, 3.05) is 38.2 Å².